The zero-order valence-electron chi connectivity index (χ0n) is 14.2. The van der Waals surface area contributed by atoms with Crippen LogP contribution in [0, 0.1) is 5.92 Å². The summed E-state index contributed by atoms with van der Waals surface area (Å²) in [5.74, 6) is -2.30. The highest BCUT2D eigenvalue weighted by atomic mass is 16.6. The van der Waals surface area contributed by atoms with Gasteiger partial charge in [0.05, 0.1) is 25.4 Å². The average molecular weight is 374 g/mol. The van der Waals surface area contributed by atoms with Crippen LogP contribution in [0.5, 0.6) is 0 Å². The van der Waals surface area contributed by atoms with Crippen LogP contribution in [0.4, 0.5) is 0 Å². The minimum absolute atomic E-state index is 0.0321. The molecular weight excluding hydrogens is 356 g/mol. The van der Waals surface area contributed by atoms with Gasteiger partial charge in [0.2, 0.25) is 5.78 Å². The van der Waals surface area contributed by atoms with Gasteiger partial charge in [0.1, 0.15) is 0 Å². The number of ketones is 2. The fourth-order valence-electron chi connectivity index (χ4n) is 2.66. The molecule has 0 amide bonds. The Bertz CT molecular complexity index is 838. The van der Waals surface area contributed by atoms with Gasteiger partial charge in [-0.1, -0.05) is 24.3 Å². The summed E-state index contributed by atoms with van der Waals surface area (Å²) in [4.78, 5) is 25.0. The summed E-state index contributed by atoms with van der Waals surface area (Å²) in [6.45, 7) is -0.790. The van der Waals surface area contributed by atoms with E-state index < -0.39 is 29.5 Å². The largest absolute Gasteiger partial charge is 0.504 e. The predicted octanol–water partition coefficient (Wildman–Crippen LogP) is 0.890. The Morgan fingerprint density at radius 2 is 1.70 bits per heavy atom. The molecule has 27 heavy (non-hydrogen) atoms. The summed E-state index contributed by atoms with van der Waals surface area (Å²) in [5.41, 5.74) is 0.514. The Balaban J connectivity index is 1.81. The van der Waals surface area contributed by atoms with Crippen LogP contribution in [-0.2, 0) is 4.74 Å². The van der Waals surface area contributed by atoms with Crippen LogP contribution >= 0.6 is 0 Å². The van der Waals surface area contributed by atoms with Gasteiger partial charge >= 0.3 is 0 Å². The second-order valence-electron chi connectivity index (χ2n) is 6.06. The van der Waals surface area contributed by atoms with Gasteiger partial charge in [-0.2, -0.15) is 0 Å². The van der Waals surface area contributed by atoms with Crippen molar-refractivity contribution in [2.24, 2.45) is 5.92 Å². The van der Waals surface area contributed by atoms with Crippen molar-refractivity contribution in [2.45, 2.75) is 6.29 Å². The van der Waals surface area contributed by atoms with Crippen molar-refractivity contribution < 1.29 is 39.2 Å². The molecule has 0 aliphatic heterocycles. The Labute approximate surface area is 153 Å². The molecule has 1 aromatic carbocycles. The lowest BCUT2D eigenvalue weighted by Gasteiger charge is -2.13. The molecule has 1 unspecified atom stereocenters. The van der Waals surface area contributed by atoms with Crippen molar-refractivity contribution in [2.75, 3.05) is 19.8 Å². The highest BCUT2D eigenvalue weighted by molar-refractivity contribution is 6.27. The maximum atomic E-state index is 12.5. The minimum Gasteiger partial charge on any atom is -0.504 e. The molecule has 1 heterocycles. The standard InChI is InChI=1S/C19H18O8/c20-7-10(8-21)9-26-16(23)6-14(22)15-5-13-17(24)11-3-1-2-4-12(11)18(25)19(13)27-15/h1-6,10,16,20-23H,7-9H2/b14-6-. The van der Waals surface area contributed by atoms with Gasteiger partial charge in [-0.3, -0.25) is 9.59 Å². The molecule has 1 atom stereocenters. The molecule has 0 saturated heterocycles. The average Bonchev–Trinajstić information content (AvgIpc) is 3.13. The number of aliphatic hydroxyl groups is 4. The monoisotopic (exact) mass is 374 g/mol. The van der Waals surface area contributed by atoms with Crippen molar-refractivity contribution in [1.29, 1.82) is 0 Å². The van der Waals surface area contributed by atoms with Gasteiger partial charge in [-0.25, -0.2) is 0 Å². The molecule has 1 aliphatic rings. The number of rotatable bonds is 7. The topological polar surface area (TPSA) is 137 Å². The molecule has 4 N–H and O–H groups in total. The summed E-state index contributed by atoms with van der Waals surface area (Å²) in [5, 5.41) is 37.8. The Kier molecular flexibility index (Phi) is 5.52. The number of furan rings is 1. The molecule has 142 valence electrons. The first-order valence-corrected chi connectivity index (χ1v) is 8.21. The van der Waals surface area contributed by atoms with Crippen molar-refractivity contribution in [3.63, 3.8) is 0 Å². The molecular formula is C19H18O8. The van der Waals surface area contributed by atoms with Crippen molar-refractivity contribution in [1.82, 2.24) is 0 Å². The molecule has 3 rings (SSSR count). The zero-order valence-corrected chi connectivity index (χ0v) is 14.2. The van der Waals surface area contributed by atoms with Gasteiger partial charge in [0.25, 0.3) is 0 Å². The highest BCUT2D eigenvalue weighted by Gasteiger charge is 2.34. The molecule has 8 nitrogen and oxygen atoms in total. The first kappa shape index (κ1) is 19.0. The molecule has 2 aromatic rings. The molecule has 8 heteroatoms. The molecule has 0 saturated carbocycles. The number of hydrogen-bond acceptors (Lipinski definition) is 8. The summed E-state index contributed by atoms with van der Waals surface area (Å²) < 4.78 is 10.3. The van der Waals surface area contributed by atoms with E-state index in [2.05, 4.69) is 0 Å². The lowest BCUT2D eigenvalue weighted by molar-refractivity contribution is -0.0864. The first-order chi connectivity index (χ1) is 13.0. The fraction of sp³-hybridized carbons (Fsp3) is 0.263. The van der Waals surface area contributed by atoms with Gasteiger partial charge in [0.15, 0.2) is 29.4 Å². The summed E-state index contributed by atoms with van der Waals surface area (Å²) >= 11 is 0. The zero-order chi connectivity index (χ0) is 19.6. The third-order valence-electron chi connectivity index (χ3n) is 4.17. The number of ether oxygens (including phenoxy) is 1. The van der Waals surface area contributed by atoms with Crippen LogP contribution in [0.2, 0.25) is 0 Å². The molecule has 1 aromatic heterocycles. The Morgan fingerprint density at radius 3 is 2.33 bits per heavy atom. The van der Waals surface area contributed by atoms with E-state index in [0.29, 0.717) is 0 Å². The highest BCUT2D eigenvalue weighted by Crippen LogP contribution is 2.31. The number of carbonyl (C=O) groups is 2. The number of hydrogen-bond donors (Lipinski definition) is 4. The molecule has 1 aliphatic carbocycles. The van der Waals surface area contributed by atoms with E-state index in [4.69, 9.17) is 19.4 Å². The minimum atomic E-state index is -1.55. The smallest absolute Gasteiger partial charge is 0.229 e. The van der Waals surface area contributed by atoms with Gasteiger partial charge < -0.3 is 29.6 Å². The normalized spacial score (nSPS) is 15.0. The maximum Gasteiger partial charge on any atom is 0.229 e. The second kappa shape index (κ2) is 7.85. The number of fused-ring (bicyclic) bond motifs is 2. The van der Waals surface area contributed by atoms with E-state index in [1.807, 2.05) is 0 Å². The maximum absolute atomic E-state index is 12.5. The molecule has 0 fully saturated rings. The number of benzene rings is 1. The predicted molar refractivity (Wildman–Crippen MR) is 92.2 cm³/mol. The van der Waals surface area contributed by atoms with Crippen LogP contribution in [-0.4, -0.2) is 58.1 Å². The Morgan fingerprint density at radius 1 is 1.07 bits per heavy atom. The van der Waals surface area contributed by atoms with E-state index in [-0.39, 0.29) is 48.0 Å². The van der Waals surface area contributed by atoms with E-state index in [1.54, 1.807) is 12.1 Å². The van der Waals surface area contributed by atoms with E-state index in [1.165, 1.54) is 18.2 Å². The summed E-state index contributed by atoms with van der Waals surface area (Å²) in [7, 11) is 0. The Hall–Kier alpha value is -2.78. The van der Waals surface area contributed by atoms with Crippen LogP contribution in [0.15, 0.2) is 40.8 Å². The molecule has 0 bridgehead atoms. The van der Waals surface area contributed by atoms with E-state index in [9.17, 15) is 19.8 Å². The van der Waals surface area contributed by atoms with E-state index in [0.717, 1.165) is 6.08 Å². The van der Waals surface area contributed by atoms with Gasteiger partial charge in [0, 0.05) is 23.1 Å². The van der Waals surface area contributed by atoms with Gasteiger partial charge in [-0.15, -0.1) is 0 Å². The van der Waals surface area contributed by atoms with Crippen LogP contribution in [0.3, 0.4) is 0 Å². The van der Waals surface area contributed by atoms with E-state index >= 15 is 0 Å². The quantitative estimate of drug-likeness (QED) is 0.353. The SMILES string of the molecule is O=C1c2ccccc2C(=O)c2oc(/C(O)=C/C(O)OCC(CO)CO)cc21. The third-order valence-corrected chi connectivity index (χ3v) is 4.17. The van der Waals surface area contributed by atoms with Crippen molar-refractivity contribution in [3.8, 4) is 0 Å². The second-order valence-corrected chi connectivity index (χ2v) is 6.06. The van der Waals surface area contributed by atoms with Crippen molar-refractivity contribution >= 4 is 17.3 Å². The lowest BCUT2D eigenvalue weighted by Crippen LogP contribution is -2.22. The number of carbonyl (C=O) groups excluding carboxylic acids is 2. The van der Waals surface area contributed by atoms with Gasteiger partial charge in [-0.05, 0) is 6.07 Å². The van der Waals surface area contributed by atoms with Crippen LogP contribution in [0.1, 0.15) is 37.8 Å². The van der Waals surface area contributed by atoms with Crippen molar-refractivity contribution in [3.05, 3.63) is 64.6 Å². The summed E-state index contributed by atoms with van der Waals surface area (Å²) in [6.07, 6.45) is -0.630. The third kappa shape index (κ3) is 3.69. The fourth-order valence-corrected chi connectivity index (χ4v) is 2.66. The van der Waals surface area contributed by atoms with Crippen LogP contribution < -0.4 is 0 Å². The first-order valence-electron chi connectivity index (χ1n) is 8.21. The molecule has 0 radical (unpaired) electrons. The lowest BCUT2D eigenvalue weighted by atomic mass is 9.88. The molecule has 0 spiro atoms. The van der Waals surface area contributed by atoms with Crippen LogP contribution in [0.25, 0.3) is 5.76 Å². The summed E-state index contributed by atoms with van der Waals surface area (Å²) in [6, 6.07) is 7.57. The number of aliphatic hydroxyl groups excluding tert-OH is 4.